The van der Waals surface area contributed by atoms with Crippen LogP contribution in [0.5, 0.6) is 5.75 Å². The van der Waals surface area contributed by atoms with Crippen molar-refractivity contribution >= 4 is 43.7 Å². The maximum atomic E-state index is 12.4. The molecule has 2 aromatic carbocycles. The smallest absolute Gasteiger partial charge is 0.355 e. The quantitative estimate of drug-likeness (QED) is 0.507. The number of H-pyrrole nitrogens is 1. The summed E-state index contributed by atoms with van der Waals surface area (Å²) in [6.07, 6.45) is 0. The van der Waals surface area contributed by atoms with E-state index in [2.05, 4.69) is 31.1 Å². The summed E-state index contributed by atoms with van der Waals surface area (Å²) in [4.78, 5) is 15.6. The molecule has 0 atom stereocenters. The molecule has 7 heteroatoms. The molecule has 0 bridgehead atoms. The van der Waals surface area contributed by atoms with Crippen LogP contribution in [0.2, 0.25) is 0 Å². The van der Waals surface area contributed by atoms with E-state index in [9.17, 15) is 4.79 Å². The van der Waals surface area contributed by atoms with E-state index in [4.69, 9.17) is 9.47 Å². The monoisotopic (exact) mass is 411 g/mol. The van der Waals surface area contributed by atoms with Gasteiger partial charge in [0, 0.05) is 20.8 Å². The van der Waals surface area contributed by atoms with Gasteiger partial charge in [0.1, 0.15) is 17.0 Å². The standard InChI is InChI=1S/C19H14BrN3O3/c1-25-12-7-8-14-13(9-12)15-17(23-22-14)16(21-18(15)19(24)26-2)10-3-5-11(20)6-4-10/h3-9,21H,1-2H3. The van der Waals surface area contributed by atoms with Crippen molar-refractivity contribution < 1.29 is 14.3 Å². The average Bonchev–Trinajstić information content (AvgIpc) is 3.07. The van der Waals surface area contributed by atoms with Crippen molar-refractivity contribution in [3.8, 4) is 17.0 Å². The Bertz CT molecular complexity index is 1140. The normalized spacial score (nSPS) is 11.0. The number of carbonyl (C=O) groups is 1. The van der Waals surface area contributed by atoms with Gasteiger partial charge in [-0.15, -0.1) is 10.2 Å². The zero-order valence-electron chi connectivity index (χ0n) is 14.0. The number of carbonyl (C=O) groups excluding carboxylic acids is 1. The average molecular weight is 412 g/mol. The van der Waals surface area contributed by atoms with Gasteiger partial charge in [0.05, 0.1) is 25.4 Å². The number of ether oxygens (including phenoxy) is 2. The van der Waals surface area contributed by atoms with Crippen molar-refractivity contribution in [2.24, 2.45) is 0 Å². The van der Waals surface area contributed by atoms with Gasteiger partial charge in [-0.3, -0.25) is 0 Å². The Morgan fingerprint density at radius 2 is 1.85 bits per heavy atom. The van der Waals surface area contributed by atoms with Crippen molar-refractivity contribution in [2.75, 3.05) is 14.2 Å². The number of benzene rings is 2. The SMILES string of the molecule is COC(=O)c1[nH]c(-c2ccc(Br)cc2)c2nnc3ccc(OC)cc3c12. The highest BCUT2D eigenvalue weighted by Crippen LogP contribution is 2.35. The molecular formula is C19H14BrN3O3. The largest absolute Gasteiger partial charge is 0.497 e. The molecule has 2 aromatic heterocycles. The number of rotatable bonds is 3. The van der Waals surface area contributed by atoms with Crippen LogP contribution >= 0.6 is 15.9 Å². The van der Waals surface area contributed by atoms with E-state index in [1.807, 2.05) is 42.5 Å². The number of hydrogen-bond donors (Lipinski definition) is 1. The maximum Gasteiger partial charge on any atom is 0.355 e. The lowest BCUT2D eigenvalue weighted by Crippen LogP contribution is -2.02. The number of hydrogen-bond acceptors (Lipinski definition) is 5. The molecule has 0 saturated heterocycles. The summed E-state index contributed by atoms with van der Waals surface area (Å²) < 4.78 is 11.2. The van der Waals surface area contributed by atoms with Gasteiger partial charge in [-0.05, 0) is 30.3 Å². The lowest BCUT2D eigenvalue weighted by Gasteiger charge is -2.04. The molecule has 0 saturated carbocycles. The third kappa shape index (κ3) is 2.61. The Hall–Kier alpha value is -2.93. The number of fused-ring (bicyclic) bond motifs is 3. The summed E-state index contributed by atoms with van der Waals surface area (Å²) in [5.74, 6) is 0.212. The van der Waals surface area contributed by atoms with E-state index in [1.165, 1.54) is 7.11 Å². The Balaban J connectivity index is 2.10. The molecule has 0 unspecified atom stereocenters. The second kappa shape index (κ2) is 6.42. The van der Waals surface area contributed by atoms with E-state index in [0.717, 1.165) is 15.4 Å². The molecule has 130 valence electrons. The van der Waals surface area contributed by atoms with Crippen LogP contribution in [-0.4, -0.2) is 35.4 Å². The number of methoxy groups -OCH3 is 2. The molecule has 0 spiro atoms. The van der Waals surface area contributed by atoms with Crippen LogP contribution in [0.1, 0.15) is 10.5 Å². The van der Waals surface area contributed by atoms with Crippen LogP contribution < -0.4 is 4.74 Å². The fraction of sp³-hybridized carbons (Fsp3) is 0.105. The molecule has 0 radical (unpaired) electrons. The van der Waals surface area contributed by atoms with Crippen molar-refractivity contribution in [2.45, 2.75) is 0 Å². The summed E-state index contributed by atoms with van der Waals surface area (Å²) in [6, 6.07) is 13.2. The van der Waals surface area contributed by atoms with Crippen LogP contribution in [0.15, 0.2) is 46.9 Å². The van der Waals surface area contributed by atoms with Gasteiger partial charge < -0.3 is 14.5 Å². The van der Waals surface area contributed by atoms with Crippen molar-refractivity contribution in [1.82, 2.24) is 15.2 Å². The topological polar surface area (TPSA) is 77.1 Å². The zero-order valence-corrected chi connectivity index (χ0v) is 15.6. The number of nitrogens with one attached hydrogen (secondary N) is 1. The highest BCUT2D eigenvalue weighted by Gasteiger charge is 2.22. The minimum absolute atomic E-state index is 0.341. The number of aromatic nitrogens is 3. The number of nitrogens with zero attached hydrogens (tertiary/aromatic N) is 2. The summed E-state index contributed by atoms with van der Waals surface area (Å²) >= 11 is 3.43. The highest BCUT2D eigenvalue weighted by atomic mass is 79.9. The molecule has 6 nitrogen and oxygen atoms in total. The molecule has 0 aliphatic rings. The molecule has 0 amide bonds. The van der Waals surface area contributed by atoms with Gasteiger partial charge in [-0.25, -0.2) is 4.79 Å². The summed E-state index contributed by atoms with van der Waals surface area (Å²) in [5.41, 5.74) is 3.22. The first kappa shape index (κ1) is 16.5. The summed E-state index contributed by atoms with van der Waals surface area (Å²) in [7, 11) is 2.95. The van der Waals surface area contributed by atoms with Gasteiger partial charge in [0.2, 0.25) is 0 Å². The fourth-order valence-corrected chi connectivity index (χ4v) is 3.23. The van der Waals surface area contributed by atoms with Gasteiger partial charge in [0.25, 0.3) is 0 Å². The van der Waals surface area contributed by atoms with E-state index in [-0.39, 0.29) is 0 Å². The van der Waals surface area contributed by atoms with Gasteiger partial charge in [-0.1, -0.05) is 28.1 Å². The molecule has 2 heterocycles. The van der Waals surface area contributed by atoms with Crippen molar-refractivity contribution in [1.29, 1.82) is 0 Å². The summed E-state index contributed by atoms with van der Waals surface area (Å²) in [5, 5.41) is 10.1. The summed E-state index contributed by atoms with van der Waals surface area (Å²) in [6.45, 7) is 0. The van der Waals surface area contributed by atoms with Gasteiger partial charge in [0.15, 0.2) is 0 Å². The molecule has 0 aliphatic carbocycles. The van der Waals surface area contributed by atoms with E-state index >= 15 is 0 Å². The number of esters is 1. The minimum atomic E-state index is -0.463. The molecule has 1 N–H and O–H groups in total. The first-order valence-electron chi connectivity index (χ1n) is 7.82. The van der Waals surface area contributed by atoms with Crippen LogP contribution in [0.3, 0.4) is 0 Å². The van der Waals surface area contributed by atoms with Crippen molar-refractivity contribution in [3.63, 3.8) is 0 Å². The van der Waals surface area contributed by atoms with Gasteiger partial charge in [-0.2, -0.15) is 0 Å². The molecule has 0 fully saturated rings. The van der Waals surface area contributed by atoms with Crippen LogP contribution in [-0.2, 0) is 4.74 Å². The first-order valence-corrected chi connectivity index (χ1v) is 8.62. The first-order chi connectivity index (χ1) is 12.6. The zero-order chi connectivity index (χ0) is 18.3. The molecular weight excluding hydrogens is 398 g/mol. The second-order valence-electron chi connectivity index (χ2n) is 5.68. The molecule has 26 heavy (non-hydrogen) atoms. The molecule has 0 aliphatic heterocycles. The maximum absolute atomic E-state index is 12.4. The minimum Gasteiger partial charge on any atom is -0.497 e. The van der Waals surface area contributed by atoms with E-state index in [1.54, 1.807) is 7.11 Å². The fourth-order valence-electron chi connectivity index (χ4n) is 2.97. The third-order valence-electron chi connectivity index (χ3n) is 4.23. The highest BCUT2D eigenvalue weighted by molar-refractivity contribution is 9.10. The predicted octanol–water partition coefficient (Wildman–Crippen LogP) is 4.34. The molecule has 4 rings (SSSR count). The number of aromatic amines is 1. The Morgan fingerprint density at radius 3 is 2.54 bits per heavy atom. The number of halogens is 1. The lowest BCUT2D eigenvalue weighted by atomic mass is 10.1. The van der Waals surface area contributed by atoms with E-state index in [0.29, 0.717) is 33.6 Å². The van der Waals surface area contributed by atoms with Gasteiger partial charge >= 0.3 is 5.97 Å². The lowest BCUT2D eigenvalue weighted by molar-refractivity contribution is 0.0597. The Labute approximate surface area is 157 Å². The predicted molar refractivity (Wildman–Crippen MR) is 102 cm³/mol. The van der Waals surface area contributed by atoms with Crippen LogP contribution in [0.25, 0.3) is 33.1 Å². The Morgan fingerprint density at radius 1 is 1.08 bits per heavy atom. The van der Waals surface area contributed by atoms with Crippen LogP contribution in [0, 0.1) is 0 Å². The van der Waals surface area contributed by atoms with E-state index < -0.39 is 5.97 Å². The van der Waals surface area contributed by atoms with Crippen molar-refractivity contribution in [3.05, 3.63) is 52.6 Å². The molecule has 4 aromatic rings. The Kier molecular flexibility index (Phi) is 4.08. The van der Waals surface area contributed by atoms with Crippen LogP contribution in [0.4, 0.5) is 0 Å². The second-order valence-corrected chi connectivity index (χ2v) is 6.60. The third-order valence-corrected chi connectivity index (χ3v) is 4.76.